The summed E-state index contributed by atoms with van der Waals surface area (Å²) in [7, 11) is 0. The third-order valence-electron chi connectivity index (χ3n) is 13.1. The molecule has 2 aliphatic heterocycles. The monoisotopic (exact) mass is 1020 g/mol. The van der Waals surface area contributed by atoms with Crippen molar-refractivity contribution in [1.82, 2.24) is 47.2 Å². The van der Waals surface area contributed by atoms with Gasteiger partial charge in [-0.25, -0.2) is 9.80 Å². The number of hydrogen-bond donors (Lipinski definition) is 10. The lowest BCUT2D eigenvalue weighted by molar-refractivity contribution is -0.146. The van der Waals surface area contributed by atoms with Crippen LogP contribution in [0.4, 0.5) is 0 Å². The van der Waals surface area contributed by atoms with Gasteiger partial charge in [0.25, 0.3) is 5.91 Å². The molecule has 0 spiro atoms. The second-order valence-corrected chi connectivity index (χ2v) is 20.2. The maximum Gasteiger partial charge on any atom is 0.326 e. The Kier molecular flexibility index (Phi) is 23.2. The van der Waals surface area contributed by atoms with Crippen LogP contribution in [0, 0.1) is 17.8 Å². The maximum atomic E-state index is 14.2. The van der Waals surface area contributed by atoms with Gasteiger partial charge in [0.1, 0.15) is 48.3 Å². The fourth-order valence-corrected chi connectivity index (χ4v) is 8.83. The molecule has 0 aliphatic carbocycles. The molecule has 0 aromatic heterocycles. The molecule has 2 fully saturated rings. The van der Waals surface area contributed by atoms with Crippen molar-refractivity contribution in [3.63, 3.8) is 0 Å². The summed E-state index contributed by atoms with van der Waals surface area (Å²) in [5, 5.41) is 31.8. The van der Waals surface area contributed by atoms with Gasteiger partial charge < -0.3 is 53.8 Å². The van der Waals surface area contributed by atoms with Crippen molar-refractivity contribution in [2.24, 2.45) is 29.2 Å². The van der Waals surface area contributed by atoms with Gasteiger partial charge in [-0.15, -0.1) is 0 Å². The van der Waals surface area contributed by atoms with Gasteiger partial charge in [0.2, 0.25) is 41.4 Å². The van der Waals surface area contributed by atoms with Crippen LogP contribution in [0.5, 0.6) is 0 Å². The van der Waals surface area contributed by atoms with Crippen LogP contribution in [-0.2, 0) is 56.0 Å². The van der Waals surface area contributed by atoms with Crippen molar-refractivity contribution in [1.29, 1.82) is 0 Å². The number of unbranched alkanes of at least 4 members (excludes halogenated alkanes) is 1. The molecule has 10 unspecified atom stereocenters. The Balaban J connectivity index is 1.44. The van der Waals surface area contributed by atoms with E-state index in [1.807, 2.05) is 47.6 Å². The van der Waals surface area contributed by atoms with Gasteiger partial charge in [0.15, 0.2) is 0 Å². The van der Waals surface area contributed by atoms with Crippen LogP contribution < -0.4 is 48.7 Å². The smallest absolute Gasteiger partial charge is 0.326 e. The van der Waals surface area contributed by atoms with Crippen molar-refractivity contribution in [2.75, 3.05) is 19.6 Å². The summed E-state index contributed by atoms with van der Waals surface area (Å²) in [4.78, 5) is 123. The van der Waals surface area contributed by atoms with Crippen molar-refractivity contribution < 1.29 is 48.3 Å². The van der Waals surface area contributed by atoms with E-state index in [4.69, 9.17) is 11.5 Å². The van der Waals surface area contributed by atoms with Crippen LogP contribution in [0.3, 0.4) is 0 Å². The molecule has 21 nitrogen and oxygen atoms in total. The zero-order valence-electron chi connectivity index (χ0n) is 43.4. The summed E-state index contributed by atoms with van der Waals surface area (Å²) < 4.78 is 0. The lowest BCUT2D eigenvalue weighted by Crippen LogP contribution is -2.59. The van der Waals surface area contributed by atoms with E-state index in [9.17, 15) is 48.3 Å². The van der Waals surface area contributed by atoms with Crippen LogP contribution in [0.2, 0.25) is 0 Å². The highest BCUT2D eigenvalue weighted by molar-refractivity contribution is 5.99. The number of hydrazine groups is 1. The molecule has 0 radical (unpaired) electrons. The molecule has 2 aromatic rings. The molecule has 4 rings (SSSR count). The second kappa shape index (κ2) is 28.7. The number of carboxylic acid groups (broad SMARTS) is 1. The van der Waals surface area contributed by atoms with Gasteiger partial charge in [-0.1, -0.05) is 115 Å². The minimum atomic E-state index is -1.21. The molecule has 0 bridgehead atoms. The number of fused-ring (bicyclic) bond motifs is 1. The minimum absolute atomic E-state index is 0.0362. The first-order valence-electron chi connectivity index (χ1n) is 25.6. The highest BCUT2D eigenvalue weighted by atomic mass is 16.4. The van der Waals surface area contributed by atoms with E-state index in [2.05, 4.69) is 37.2 Å². The Bertz CT molecular complexity index is 2200. The number of carbonyl (C=O) groups is 9. The number of nitrogens with one attached hydrogen (secondary N) is 7. The first-order valence-corrected chi connectivity index (χ1v) is 25.6. The molecular weight excluding hydrogens is 939 g/mol. The zero-order chi connectivity index (χ0) is 53.9. The summed E-state index contributed by atoms with van der Waals surface area (Å²) in [5.74, 6) is -6.73. The Labute approximate surface area is 428 Å². The van der Waals surface area contributed by atoms with E-state index < -0.39 is 108 Å². The second-order valence-electron chi connectivity index (χ2n) is 20.2. The number of nitrogens with two attached hydrogens (primary N) is 2. The van der Waals surface area contributed by atoms with E-state index in [-0.39, 0.29) is 62.9 Å². The molecule has 402 valence electrons. The minimum Gasteiger partial charge on any atom is -0.480 e. The number of carbonyl (C=O) groups excluding carboxylic acids is 8. The van der Waals surface area contributed by atoms with E-state index in [0.29, 0.717) is 37.8 Å². The Morgan fingerprint density at radius 2 is 1.19 bits per heavy atom. The van der Waals surface area contributed by atoms with Crippen molar-refractivity contribution in [2.45, 2.75) is 161 Å². The fourth-order valence-electron chi connectivity index (χ4n) is 8.83. The number of aliphatic carboxylic acids is 1. The average molecular weight is 1020 g/mol. The highest BCUT2D eigenvalue weighted by Gasteiger charge is 2.50. The summed E-state index contributed by atoms with van der Waals surface area (Å²) in [5.41, 5.74) is 13.2. The predicted molar refractivity (Wildman–Crippen MR) is 273 cm³/mol. The summed E-state index contributed by atoms with van der Waals surface area (Å²) in [6.45, 7) is 13.2. The summed E-state index contributed by atoms with van der Waals surface area (Å²) in [6.07, 6.45) is 2.91. The summed E-state index contributed by atoms with van der Waals surface area (Å²) >= 11 is 0. The van der Waals surface area contributed by atoms with E-state index >= 15 is 0 Å². The van der Waals surface area contributed by atoms with E-state index in [1.54, 1.807) is 59.6 Å². The van der Waals surface area contributed by atoms with E-state index in [0.717, 1.165) is 5.56 Å². The van der Waals surface area contributed by atoms with Gasteiger partial charge in [-0.3, -0.25) is 43.4 Å². The first kappa shape index (κ1) is 59.1. The molecule has 8 amide bonds. The molecule has 2 aliphatic rings. The van der Waals surface area contributed by atoms with E-state index in [1.165, 1.54) is 11.9 Å². The Morgan fingerprint density at radius 1 is 0.658 bits per heavy atom. The first-order chi connectivity index (χ1) is 34.6. The lowest BCUT2D eigenvalue weighted by atomic mass is 9.96. The molecule has 2 heterocycles. The van der Waals surface area contributed by atoms with Crippen molar-refractivity contribution in [3.8, 4) is 0 Å². The molecule has 2 aromatic carbocycles. The molecule has 0 saturated carbocycles. The van der Waals surface area contributed by atoms with Gasteiger partial charge in [-0.05, 0) is 74.5 Å². The normalized spacial score (nSPS) is 18.8. The Hall–Kier alpha value is -6.45. The number of amides is 8. The topological polar surface area (TPSA) is 317 Å². The van der Waals surface area contributed by atoms with Gasteiger partial charge >= 0.3 is 5.97 Å². The number of hydrogen-bond acceptors (Lipinski definition) is 12. The molecule has 12 N–H and O–H groups in total. The van der Waals surface area contributed by atoms with Crippen LogP contribution in [-0.4, -0.2) is 142 Å². The lowest BCUT2D eigenvalue weighted by Gasteiger charge is -2.28. The third-order valence-corrected chi connectivity index (χ3v) is 13.1. The zero-order valence-corrected chi connectivity index (χ0v) is 43.4. The number of benzene rings is 2. The maximum absolute atomic E-state index is 14.2. The number of carboxylic acids is 1. The van der Waals surface area contributed by atoms with Gasteiger partial charge in [-0.2, -0.15) is 0 Å². The van der Waals surface area contributed by atoms with Crippen LogP contribution >= 0.6 is 0 Å². The summed E-state index contributed by atoms with van der Waals surface area (Å²) in [6, 6.07) is 7.95. The Morgan fingerprint density at radius 3 is 1.74 bits per heavy atom. The highest BCUT2D eigenvalue weighted by Crippen LogP contribution is 2.26. The van der Waals surface area contributed by atoms with Crippen LogP contribution in [0.1, 0.15) is 105 Å². The molecular formula is C52H79N11O10. The SMILES string of the molecule is CCC(C)C(NC(=O)C(N)CCCCN)C(=O)NC(Cc1ccccc1)C(=O)NC1CN2CCC(C(=O)NC(CC(C)C)C(=O)NC(C)C(=O)NC(Cc3ccccc3)C(=O)NC(CC(C)C)C(=O)O)N2C1=O. The standard InChI is InChI=1S/C52H79N11O10/c1-8-32(6)43(61-45(65)36(54)21-15-16-23-53)50(70)58-39(28-35-19-13-10-14-20-35)48(68)60-41-29-62-24-22-42(63(62)51(41)71)49(69)57-37(25-30(2)3)46(66)55-33(7)44(64)56-38(27-34-17-11-9-12-18-34)47(67)59-40(52(72)73)26-31(4)5/h9-14,17-20,30-33,36-43H,8,15-16,21-29,53-54H2,1-7H3,(H,55,66)(H,56,64)(H,57,69)(H,58,70)(H,59,67)(H,60,68)(H,61,65)(H,72,73). The quantitative estimate of drug-likeness (QED) is 0.0494. The number of nitrogens with zero attached hydrogens (tertiary/aromatic N) is 2. The molecule has 10 atom stereocenters. The molecule has 21 heteroatoms. The largest absolute Gasteiger partial charge is 0.480 e. The molecule has 2 saturated heterocycles. The predicted octanol–water partition coefficient (Wildman–Crippen LogP) is 0.396. The van der Waals surface area contributed by atoms with Crippen LogP contribution in [0.25, 0.3) is 0 Å². The van der Waals surface area contributed by atoms with Gasteiger partial charge in [0.05, 0.1) is 6.04 Å². The number of rotatable bonds is 29. The van der Waals surface area contributed by atoms with Crippen molar-refractivity contribution >= 4 is 53.2 Å². The molecule has 73 heavy (non-hydrogen) atoms. The fraction of sp³-hybridized carbons (Fsp3) is 0.596. The third kappa shape index (κ3) is 17.9. The van der Waals surface area contributed by atoms with Crippen molar-refractivity contribution in [3.05, 3.63) is 71.8 Å². The van der Waals surface area contributed by atoms with Gasteiger partial charge in [0, 0.05) is 25.9 Å². The average Bonchev–Trinajstić information content (AvgIpc) is 3.90. The van der Waals surface area contributed by atoms with Crippen LogP contribution in [0.15, 0.2) is 60.7 Å².